The number of fused-ring (bicyclic) bond motifs is 1. The van der Waals surface area contributed by atoms with Gasteiger partial charge < -0.3 is 9.64 Å². The van der Waals surface area contributed by atoms with Gasteiger partial charge in [-0.2, -0.15) is 5.10 Å². The summed E-state index contributed by atoms with van der Waals surface area (Å²) in [6.07, 6.45) is 1.72. The normalized spacial score (nSPS) is 15.3. The lowest BCUT2D eigenvalue weighted by molar-refractivity contribution is 0.122. The Bertz CT molecular complexity index is 1110. The van der Waals surface area contributed by atoms with Crippen LogP contribution in [0, 0.1) is 6.92 Å². The van der Waals surface area contributed by atoms with Crippen LogP contribution < -0.4 is 10.0 Å². The van der Waals surface area contributed by atoms with Gasteiger partial charge in [0.2, 0.25) is 10.0 Å². The maximum Gasteiger partial charge on any atom is 0.238 e. The molecule has 7 nitrogen and oxygen atoms in total. The minimum Gasteiger partial charge on any atom is -0.378 e. The highest BCUT2D eigenvalue weighted by molar-refractivity contribution is 7.89. The standard InChI is InChI=1S/C19H20N4O3S/c1-13-2-4-16(27(20,24)25)11-18(13)14-3-5-17-15(10-14)12-21-22-19(17)23-6-8-26-9-7-23/h2-5,10-12H,6-9H2,1H3,(H2,20,24,25). The van der Waals surface area contributed by atoms with E-state index in [1.807, 2.05) is 25.1 Å². The van der Waals surface area contributed by atoms with Crippen LogP contribution in [0.5, 0.6) is 0 Å². The van der Waals surface area contributed by atoms with Crippen LogP contribution in [0.4, 0.5) is 5.82 Å². The van der Waals surface area contributed by atoms with E-state index in [9.17, 15) is 8.42 Å². The van der Waals surface area contributed by atoms with E-state index >= 15 is 0 Å². The van der Waals surface area contributed by atoms with Crippen molar-refractivity contribution in [2.24, 2.45) is 5.14 Å². The molecule has 0 atom stereocenters. The number of primary sulfonamides is 1. The molecular weight excluding hydrogens is 364 g/mol. The molecular formula is C19H20N4O3S. The van der Waals surface area contributed by atoms with Crippen molar-refractivity contribution in [1.29, 1.82) is 0 Å². The number of nitrogens with two attached hydrogens (primary N) is 1. The summed E-state index contributed by atoms with van der Waals surface area (Å²) in [6, 6.07) is 10.9. The molecule has 1 fully saturated rings. The molecule has 1 aromatic heterocycles. The SMILES string of the molecule is Cc1ccc(S(N)(=O)=O)cc1-c1ccc2c(N3CCOCC3)nncc2c1. The van der Waals surface area contributed by atoms with Gasteiger partial charge in [0, 0.05) is 23.9 Å². The average Bonchev–Trinajstić information content (AvgIpc) is 2.67. The molecule has 3 aromatic rings. The van der Waals surface area contributed by atoms with Crippen LogP contribution in [0.15, 0.2) is 47.5 Å². The third-order valence-corrected chi connectivity index (χ3v) is 5.71. The van der Waals surface area contributed by atoms with Crippen LogP contribution in [-0.2, 0) is 14.8 Å². The van der Waals surface area contributed by atoms with E-state index in [0.29, 0.717) is 13.2 Å². The number of benzene rings is 2. The Morgan fingerprint density at radius 1 is 1.11 bits per heavy atom. The van der Waals surface area contributed by atoms with Crippen molar-refractivity contribution in [3.05, 3.63) is 48.2 Å². The number of ether oxygens (including phenoxy) is 1. The lowest BCUT2D eigenvalue weighted by atomic mass is 9.98. The highest BCUT2D eigenvalue weighted by atomic mass is 32.2. The highest BCUT2D eigenvalue weighted by Crippen LogP contribution is 2.31. The fourth-order valence-electron chi connectivity index (χ4n) is 3.34. The van der Waals surface area contributed by atoms with Crippen molar-refractivity contribution in [3.63, 3.8) is 0 Å². The molecule has 1 aliphatic heterocycles. The van der Waals surface area contributed by atoms with Gasteiger partial charge in [-0.25, -0.2) is 13.6 Å². The number of aromatic nitrogens is 2. The molecule has 8 heteroatoms. The van der Waals surface area contributed by atoms with E-state index in [2.05, 4.69) is 15.1 Å². The molecule has 0 saturated carbocycles. The van der Waals surface area contributed by atoms with Crippen molar-refractivity contribution >= 4 is 26.6 Å². The van der Waals surface area contributed by atoms with Gasteiger partial charge in [0.15, 0.2) is 5.82 Å². The second kappa shape index (κ2) is 6.88. The number of sulfonamides is 1. The predicted octanol–water partition coefficient (Wildman–Crippen LogP) is 2.09. The number of rotatable bonds is 3. The lowest BCUT2D eigenvalue weighted by Crippen LogP contribution is -2.37. The molecule has 0 spiro atoms. The molecule has 2 aromatic carbocycles. The van der Waals surface area contributed by atoms with E-state index in [4.69, 9.17) is 9.88 Å². The van der Waals surface area contributed by atoms with Crippen molar-refractivity contribution in [2.45, 2.75) is 11.8 Å². The number of nitrogens with zero attached hydrogens (tertiary/aromatic N) is 3. The Balaban J connectivity index is 1.81. The highest BCUT2D eigenvalue weighted by Gasteiger charge is 2.17. The van der Waals surface area contributed by atoms with Crippen molar-refractivity contribution in [3.8, 4) is 11.1 Å². The predicted molar refractivity (Wildman–Crippen MR) is 104 cm³/mol. The summed E-state index contributed by atoms with van der Waals surface area (Å²) < 4.78 is 28.8. The fraction of sp³-hybridized carbons (Fsp3) is 0.263. The smallest absolute Gasteiger partial charge is 0.238 e. The Morgan fingerprint density at radius 2 is 1.89 bits per heavy atom. The molecule has 0 radical (unpaired) electrons. The first-order chi connectivity index (χ1) is 12.9. The summed E-state index contributed by atoms with van der Waals surface area (Å²) in [4.78, 5) is 2.27. The first kappa shape index (κ1) is 17.8. The van der Waals surface area contributed by atoms with Crippen LogP contribution in [-0.4, -0.2) is 44.9 Å². The maximum absolute atomic E-state index is 11.7. The topological polar surface area (TPSA) is 98.4 Å². The second-order valence-electron chi connectivity index (χ2n) is 6.59. The zero-order valence-corrected chi connectivity index (χ0v) is 15.7. The van der Waals surface area contributed by atoms with Gasteiger partial charge in [0.25, 0.3) is 0 Å². The fourth-order valence-corrected chi connectivity index (χ4v) is 3.88. The minimum absolute atomic E-state index is 0.102. The van der Waals surface area contributed by atoms with E-state index in [1.165, 1.54) is 6.07 Å². The molecule has 1 saturated heterocycles. The monoisotopic (exact) mass is 384 g/mol. The van der Waals surface area contributed by atoms with E-state index in [1.54, 1.807) is 18.3 Å². The summed E-state index contributed by atoms with van der Waals surface area (Å²) in [7, 11) is -3.75. The molecule has 2 N–H and O–H groups in total. The van der Waals surface area contributed by atoms with Gasteiger partial charge in [0.05, 0.1) is 24.3 Å². The van der Waals surface area contributed by atoms with Crippen LogP contribution in [0.1, 0.15) is 5.56 Å². The molecule has 27 heavy (non-hydrogen) atoms. The number of hydrogen-bond donors (Lipinski definition) is 1. The number of anilines is 1. The van der Waals surface area contributed by atoms with Crippen LogP contribution in [0.25, 0.3) is 21.9 Å². The number of hydrogen-bond acceptors (Lipinski definition) is 6. The average molecular weight is 384 g/mol. The van der Waals surface area contributed by atoms with E-state index in [0.717, 1.165) is 46.4 Å². The molecule has 140 valence electrons. The summed E-state index contributed by atoms with van der Waals surface area (Å²) in [5.41, 5.74) is 2.71. The Morgan fingerprint density at radius 3 is 2.63 bits per heavy atom. The van der Waals surface area contributed by atoms with Crippen molar-refractivity contribution in [2.75, 3.05) is 31.2 Å². The Hall–Kier alpha value is -2.55. The Kier molecular flexibility index (Phi) is 4.55. The summed E-state index contributed by atoms with van der Waals surface area (Å²) >= 11 is 0. The number of aryl methyl sites for hydroxylation is 1. The van der Waals surface area contributed by atoms with Crippen LogP contribution >= 0.6 is 0 Å². The first-order valence-corrected chi connectivity index (χ1v) is 10.2. The quantitative estimate of drug-likeness (QED) is 0.742. The van der Waals surface area contributed by atoms with Crippen LogP contribution in [0.3, 0.4) is 0 Å². The van der Waals surface area contributed by atoms with Gasteiger partial charge >= 0.3 is 0 Å². The Labute approximate surface area is 157 Å². The zero-order chi connectivity index (χ0) is 19.0. The molecule has 0 unspecified atom stereocenters. The second-order valence-corrected chi connectivity index (χ2v) is 8.15. The number of morpholine rings is 1. The largest absolute Gasteiger partial charge is 0.378 e. The van der Waals surface area contributed by atoms with E-state index in [-0.39, 0.29) is 4.90 Å². The molecule has 4 rings (SSSR count). The summed E-state index contributed by atoms with van der Waals surface area (Å²) in [6.45, 7) is 4.86. The molecule has 1 aliphatic rings. The van der Waals surface area contributed by atoms with Gasteiger partial charge in [-0.15, -0.1) is 5.10 Å². The minimum atomic E-state index is -3.75. The molecule has 0 amide bonds. The third-order valence-electron chi connectivity index (χ3n) is 4.80. The first-order valence-electron chi connectivity index (χ1n) is 8.65. The van der Waals surface area contributed by atoms with E-state index < -0.39 is 10.0 Å². The van der Waals surface area contributed by atoms with Gasteiger partial charge in [-0.1, -0.05) is 12.1 Å². The lowest BCUT2D eigenvalue weighted by Gasteiger charge is -2.28. The van der Waals surface area contributed by atoms with Gasteiger partial charge in [-0.3, -0.25) is 0 Å². The van der Waals surface area contributed by atoms with Gasteiger partial charge in [0.1, 0.15) is 0 Å². The zero-order valence-electron chi connectivity index (χ0n) is 14.9. The van der Waals surface area contributed by atoms with Crippen molar-refractivity contribution in [1.82, 2.24) is 10.2 Å². The van der Waals surface area contributed by atoms with Crippen molar-refractivity contribution < 1.29 is 13.2 Å². The van der Waals surface area contributed by atoms with Gasteiger partial charge in [-0.05, 0) is 47.9 Å². The molecule has 0 aliphatic carbocycles. The maximum atomic E-state index is 11.7. The molecule has 2 heterocycles. The van der Waals surface area contributed by atoms with Crippen LogP contribution in [0.2, 0.25) is 0 Å². The summed E-state index contributed by atoms with van der Waals surface area (Å²) in [5.74, 6) is 0.845. The summed E-state index contributed by atoms with van der Waals surface area (Å²) in [5, 5.41) is 15.7. The third kappa shape index (κ3) is 3.51. The molecule has 0 bridgehead atoms.